The van der Waals surface area contributed by atoms with Gasteiger partial charge >= 0.3 is 6.18 Å². The Morgan fingerprint density at radius 2 is 1.90 bits per heavy atom. The summed E-state index contributed by atoms with van der Waals surface area (Å²) in [6.45, 7) is 3.64. The minimum atomic E-state index is -4.67. The SMILES string of the molecule is CCCC(C)Oc1cccc(C(CC(F)(F)F)S(=O)(=O)NCc2cncnc2)c1. The summed E-state index contributed by atoms with van der Waals surface area (Å²) in [5, 5.41) is -1.81. The van der Waals surface area contributed by atoms with E-state index in [0.29, 0.717) is 11.3 Å². The van der Waals surface area contributed by atoms with E-state index in [1.807, 2.05) is 13.8 Å². The van der Waals surface area contributed by atoms with E-state index >= 15 is 0 Å². The summed E-state index contributed by atoms with van der Waals surface area (Å²) in [6.07, 6.45) is -0.605. The molecule has 2 aromatic rings. The van der Waals surface area contributed by atoms with E-state index in [0.717, 1.165) is 12.8 Å². The highest BCUT2D eigenvalue weighted by Crippen LogP contribution is 2.36. The van der Waals surface area contributed by atoms with Crippen molar-refractivity contribution >= 4 is 10.0 Å². The predicted octanol–water partition coefficient (Wildman–Crippen LogP) is 4.16. The molecule has 0 bridgehead atoms. The number of benzene rings is 1. The third-order valence-electron chi connectivity index (χ3n) is 4.15. The van der Waals surface area contributed by atoms with Crippen LogP contribution in [0.2, 0.25) is 0 Å². The standard InChI is InChI=1S/C19H24F3N3O3S/c1-3-5-14(2)28-17-7-4-6-16(8-17)18(9-19(20,21)22)29(26,27)25-12-15-10-23-13-24-11-15/h4,6-8,10-11,13-14,18,25H,3,5,9,12H2,1-2H3. The average molecular weight is 431 g/mol. The highest BCUT2D eigenvalue weighted by Gasteiger charge is 2.39. The van der Waals surface area contributed by atoms with E-state index in [-0.39, 0.29) is 18.2 Å². The fourth-order valence-electron chi connectivity index (χ4n) is 2.81. The van der Waals surface area contributed by atoms with E-state index in [1.165, 1.54) is 36.9 Å². The van der Waals surface area contributed by atoms with Crippen LogP contribution in [0.5, 0.6) is 5.75 Å². The fourth-order valence-corrected chi connectivity index (χ4v) is 4.29. The molecule has 0 aliphatic carbocycles. The predicted molar refractivity (Wildman–Crippen MR) is 103 cm³/mol. The number of ether oxygens (including phenoxy) is 1. The van der Waals surface area contributed by atoms with E-state index in [2.05, 4.69) is 14.7 Å². The first kappa shape index (κ1) is 23.1. The number of hydrogen-bond acceptors (Lipinski definition) is 5. The van der Waals surface area contributed by atoms with Crippen molar-refractivity contribution in [3.8, 4) is 5.75 Å². The third-order valence-corrected chi connectivity index (χ3v) is 5.88. The molecule has 0 aliphatic rings. The summed E-state index contributed by atoms with van der Waals surface area (Å²) < 4.78 is 72.8. The number of alkyl halides is 3. The maximum absolute atomic E-state index is 13.2. The van der Waals surface area contributed by atoms with Crippen LogP contribution in [0, 0.1) is 0 Å². The molecular weight excluding hydrogens is 407 g/mol. The van der Waals surface area contributed by atoms with Gasteiger partial charge in [-0.25, -0.2) is 23.1 Å². The van der Waals surface area contributed by atoms with Gasteiger partial charge in [-0.15, -0.1) is 0 Å². The topological polar surface area (TPSA) is 81.2 Å². The minimum absolute atomic E-state index is 0.0142. The van der Waals surface area contributed by atoms with Gasteiger partial charge in [0, 0.05) is 24.5 Å². The molecule has 2 atom stereocenters. The van der Waals surface area contributed by atoms with Gasteiger partial charge in [-0.2, -0.15) is 13.2 Å². The first-order chi connectivity index (χ1) is 13.6. The summed E-state index contributed by atoms with van der Waals surface area (Å²) in [6, 6.07) is 5.81. The smallest absolute Gasteiger partial charge is 0.390 e. The summed E-state index contributed by atoms with van der Waals surface area (Å²) in [5.41, 5.74) is 0.452. The van der Waals surface area contributed by atoms with Gasteiger partial charge in [0.2, 0.25) is 10.0 Å². The van der Waals surface area contributed by atoms with Crippen LogP contribution in [0.3, 0.4) is 0 Å². The first-order valence-corrected chi connectivity index (χ1v) is 10.7. The molecule has 0 saturated carbocycles. The number of rotatable bonds is 10. The number of nitrogens with zero attached hydrogens (tertiary/aromatic N) is 2. The van der Waals surface area contributed by atoms with Crippen LogP contribution in [0.1, 0.15) is 49.5 Å². The molecule has 29 heavy (non-hydrogen) atoms. The second kappa shape index (κ2) is 10.0. The monoisotopic (exact) mass is 431 g/mol. The first-order valence-electron chi connectivity index (χ1n) is 9.16. The number of sulfonamides is 1. The average Bonchev–Trinajstić information content (AvgIpc) is 2.65. The zero-order chi connectivity index (χ0) is 21.5. The Bertz CT molecular complexity index is 877. The van der Waals surface area contributed by atoms with Crippen molar-refractivity contribution < 1.29 is 26.3 Å². The molecule has 6 nitrogen and oxygen atoms in total. The molecule has 0 spiro atoms. The summed E-state index contributed by atoms with van der Waals surface area (Å²) in [5.74, 6) is 0.335. The fraction of sp³-hybridized carbons (Fsp3) is 0.474. The largest absolute Gasteiger partial charge is 0.491 e. The number of nitrogens with one attached hydrogen (secondary N) is 1. The number of hydrogen-bond donors (Lipinski definition) is 1. The Kier molecular flexibility index (Phi) is 7.97. The van der Waals surface area contributed by atoms with Crippen molar-refractivity contribution in [2.24, 2.45) is 0 Å². The Morgan fingerprint density at radius 1 is 1.21 bits per heavy atom. The zero-order valence-corrected chi connectivity index (χ0v) is 17.0. The second-order valence-electron chi connectivity index (χ2n) is 6.71. The summed E-state index contributed by atoms with van der Waals surface area (Å²) >= 11 is 0. The maximum Gasteiger partial charge on any atom is 0.390 e. The van der Waals surface area contributed by atoms with Gasteiger partial charge in [-0.1, -0.05) is 25.5 Å². The molecule has 2 rings (SSSR count). The Hall–Kier alpha value is -2.20. The van der Waals surface area contributed by atoms with Crippen LogP contribution >= 0.6 is 0 Å². The molecule has 1 aromatic carbocycles. The molecule has 10 heteroatoms. The molecule has 0 fully saturated rings. The van der Waals surface area contributed by atoms with Crippen molar-refractivity contribution in [3.63, 3.8) is 0 Å². The van der Waals surface area contributed by atoms with Gasteiger partial charge < -0.3 is 4.74 Å². The van der Waals surface area contributed by atoms with Gasteiger partial charge in [0.25, 0.3) is 0 Å². The van der Waals surface area contributed by atoms with Gasteiger partial charge in [0.1, 0.15) is 17.3 Å². The Labute approximate surface area is 168 Å². The molecule has 1 N–H and O–H groups in total. The second-order valence-corrected chi connectivity index (χ2v) is 8.66. The Balaban J connectivity index is 2.27. The summed E-state index contributed by atoms with van der Waals surface area (Å²) in [4.78, 5) is 7.52. The highest BCUT2D eigenvalue weighted by molar-refractivity contribution is 7.89. The number of aromatic nitrogens is 2. The third kappa shape index (κ3) is 7.62. The van der Waals surface area contributed by atoms with Crippen LogP contribution in [0.25, 0.3) is 0 Å². The minimum Gasteiger partial charge on any atom is -0.491 e. The zero-order valence-electron chi connectivity index (χ0n) is 16.2. The van der Waals surface area contributed by atoms with Crippen LogP contribution < -0.4 is 9.46 Å². The lowest BCUT2D eigenvalue weighted by Crippen LogP contribution is -2.32. The van der Waals surface area contributed by atoms with Crippen LogP contribution in [0.15, 0.2) is 43.0 Å². The normalized spacial score (nSPS) is 14.4. The van der Waals surface area contributed by atoms with Crippen molar-refractivity contribution in [1.29, 1.82) is 0 Å². The number of halogens is 3. The molecule has 160 valence electrons. The van der Waals surface area contributed by atoms with Crippen LogP contribution in [0.4, 0.5) is 13.2 Å². The molecular formula is C19H24F3N3O3S. The van der Waals surface area contributed by atoms with E-state index in [9.17, 15) is 21.6 Å². The molecule has 2 unspecified atom stereocenters. The van der Waals surface area contributed by atoms with Crippen molar-refractivity contribution in [3.05, 3.63) is 54.1 Å². The Morgan fingerprint density at radius 3 is 2.52 bits per heavy atom. The van der Waals surface area contributed by atoms with E-state index < -0.39 is 27.9 Å². The van der Waals surface area contributed by atoms with Gasteiger partial charge in [-0.3, -0.25) is 0 Å². The molecule has 0 aliphatic heterocycles. The molecule has 0 radical (unpaired) electrons. The van der Waals surface area contributed by atoms with Crippen molar-refractivity contribution in [2.45, 2.75) is 57.2 Å². The van der Waals surface area contributed by atoms with Crippen molar-refractivity contribution in [1.82, 2.24) is 14.7 Å². The molecule has 1 aromatic heterocycles. The van der Waals surface area contributed by atoms with Crippen molar-refractivity contribution in [2.75, 3.05) is 0 Å². The lowest BCUT2D eigenvalue weighted by molar-refractivity contribution is -0.134. The van der Waals surface area contributed by atoms with Gasteiger partial charge in [0.15, 0.2) is 0 Å². The highest BCUT2D eigenvalue weighted by atomic mass is 32.2. The molecule has 0 amide bonds. The van der Waals surface area contributed by atoms with E-state index in [1.54, 1.807) is 6.07 Å². The van der Waals surface area contributed by atoms with Gasteiger partial charge in [0.05, 0.1) is 12.5 Å². The molecule has 0 saturated heterocycles. The maximum atomic E-state index is 13.2. The summed E-state index contributed by atoms with van der Waals surface area (Å²) in [7, 11) is -4.34. The van der Waals surface area contributed by atoms with Gasteiger partial charge in [-0.05, 0) is 31.0 Å². The lowest BCUT2D eigenvalue weighted by Gasteiger charge is -2.21. The molecule has 1 heterocycles. The van der Waals surface area contributed by atoms with Crippen LogP contribution in [-0.2, 0) is 16.6 Å². The van der Waals surface area contributed by atoms with E-state index in [4.69, 9.17) is 4.74 Å². The quantitative estimate of drug-likeness (QED) is 0.611. The lowest BCUT2D eigenvalue weighted by atomic mass is 10.1. The van der Waals surface area contributed by atoms with Crippen LogP contribution in [-0.4, -0.2) is 30.7 Å².